The molecule has 0 saturated heterocycles. The number of halogens is 1. The van der Waals surface area contributed by atoms with E-state index in [1.807, 2.05) is 0 Å². The predicted molar refractivity (Wildman–Crippen MR) is 67.7 cm³/mol. The number of nitrogens with one attached hydrogen (secondary N) is 1. The molecule has 1 aromatic rings. The van der Waals surface area contributed by atoms with Gasteiger partial charge in [-0.3, -0.25) is 0 Å². The largest absolute Gasteiger partial charge is 0.376 e. The van der Waals surface area contributed by atoms with Crippen molar-refractivity contribution in [3.05, 3.63) is 22.7 Å². The summed E-state index contributed by atoms with van der Waals surface area (Å²) in [6.07, 6.45) is 1.12. The molecule has 0 aromatic heterocycles. The number of sulfone groups is 1. The third kappa shape index (κ3) is 3.44. The summed E-state index contributed by atoms with van der Waals surface area (Å²) in [5.41, 5.74) is 5.67. The minimum absolute atomic E-state index is 0.0298. The molecule has 0 aliphatic heterocycles. The molecular weight excluding hydrogens is 300 g/mol. The monoisotopic (exact) mass is 308 g/mol. The van der Waals surface area contributed by atoms with Gasteiger partial charge in [-0.05, 0) is 30.4 Å². The molecule has 0 fully saturated rings. The molecular formula is C8H9BrN2O2S2. The van der Waals surface area contributed by atoms with Gasteiger partial charge in [0, 0.05) is 10.7 Å². The van der Waals surface area contributed by atoms with Crippen LogP contribution in [0.3, 0.4) is 0 Å². The molecule has 0 atom stereocenters. The van der Waals surface area contributed by atoms with Crippen molar-refractivity contribution in [2.45, 2.75) is 4.90 Å². The highest BCUT2D eigenvalue weighted by Crippen LogP contribution is 2.25. The van der Waals surface area contributed by atoms with Gasteiger partial charge in [0.15, 0.2) is 14.9 Å². The SMILES string of the molecule is CS(=O)(=O)c1cc(Br)ccc1NC(N)=S. The van der Waals surface area contributed by atoms with Crippen LogP contribution in [0.15, 0.2) is 27.6 Å². The summed E-state index contributed by atoms with van der Waals surface area (Å²) in [5, 5.41) is 2.65. The maximum absolute atomic E-state index is 11.4. The van der Waals surface area contributed by atoms with E-state index in [1.165, 1.54) is 6.07 Å². The Hall–Kier alpha value is -0.660. The van der Waals surface area contributed by atoms with E-state index in [0.29, 0.717) is 10.2 Å². The average molecular weight is 309 g/mol. The first-order chi connectivity index (χ1) is 6.80. The minimum Gasteiger partial charge on any atom is -0.376 e. The maximum atomic E-state index is 11.4. The summed E-state index contributed by atoms with van der Waals surface area (Å²) in [7, 11) is -3.31. The van der Waals surface area contributed by atoms with Gasteiger partial charge in [-0.2, -0.15) is 0 Å². The molecule has 1 aromatic carbocycles. The summed E-state index contributed by atoms with van der Waals surface area (Å²) >= 11 is 7.85. The first-order valence-corrected chi connectivity index (χ1v) is 6.96. The second-order valence-corrected chi connectivity index (χ2v) is 6.24. The van der Waals surface area contributed by atoms with Crippen molar-refractivity contribution in [2.24, 2.45) is 5.73 Å². The zero-order valence-corrected chi connectivity index (χ0v) is 11.0. The number of benzene rings is 1. The molecule has 1 rings (SSSR count). The Morgan fingerprint density at radius 2 is 2.13 bits per heavy atom. The number of anilines is 1. The fraction of sp³-hybridized carbons (Fsp3) is 0.125. The first kappa shape index (κ1) is 12.4. The highest BCUT2D eigenvalue weighted by Gasteiger charge is 2.13. The summed E-state index contributed by atoms with van der Waals surface area (Å²) in [6, 6.07) is 4.80. The van der Waals surface area contributed by atoms with Crippen molar-refractivity contribution in [1.29, 1.82) is 0 Å². The van der Waals surface area contributed by atoms with Crippen LogP contribution in [0.1, 0.15) is 0 Å². The molecule has 7 heteroatoms. The van der Waals surface area contributed by atoms with Gasteiger partial charge in [-0.25, -0.2) is 8.42 Å². The molecule has 3 N–H and O–H groups in total. The van der Waals surface area contributed by atoms with Crippen LogP contribution in [0.4, 0.5) is 5.69 Å². The van der Waals surface area contributed by atoms with E-state index in [2.05, 4.69) is 33.5 Å². The molecule has 82 valence electrons. The van der Waals surface area contributed by atoms with Crippen LogP contribution >= 0.6 is 28.1 Å². The third-order valence-electron chi connectivity index (χ3n) is 1.60. The van der Waals surface area contributed by atoms with Crippen molar-refractivity contribution in [2.75, 3.05) is 11.6 Å². The normalized spacial score (nSPS) is 11.1. The summed E-state index contributed by atoms with van der Waals surface area (Å²) in [4.78, 5) is 0.157. The topological polar surface area (TPSA) is 72.2 Å². The molecule has 0 amide bonds. The Morgan fingerprint density at radius 1 is 1.53 bits per heavy atom. The van der Waals surface area contributed by atoms with Crippen LogP contribution in [0.2, 0.25) is 0 Å². The fourth-order valence-electron chi connectivity index (χ4n) is 1.04. The summed E-state index contributed by atoms with van der Waals surface area (Å²) in [5.74, 6) is 0. The van der Waals surface area contributed by atoms with E-state index < -0.39 is 9.84 Å². The van der Waals surface area contributed by atoms with Gasteiger partial charge in [0.25, 0.3) is 0 Å². The lowest BCUT2D eigenvalue weighted by atomic mass is 10.3. The molecule has 4 nitrogen and oxygen atoms in total. The number of rotatable bonds is 2. The van der Waals surface area contributed by atoms with Gasteiger partial charge < -0.3 is 11.1 Å². The lowest BCUT2D eigenvalue weighted by Gasteiger charge is -2.09. The van der Waals surface area contributed by atoms with E-state index in [9.17, 15) is 8.42 Å². The molecule has 0 radical (unpaired) electrons. The molecule has 0 saturated carbocycles. The van der Waals surface area contributed by atoms with Gasteiger partial charge in [0.2, 0.25) is 0 Å². The Morgan fingerprint density at radius 3 is 2.60 bits per heavy atom. The van der Waals surface area contributed by atoms with E-state index in [0.717, 1.165) is 6.26 Å². The average Bonchev–Trinajstić information content (AvgIpc) is 2.05. The van der Waals surface area contributed by atoms with Gasteiger partial charge in [-0.1, -0.05) is 15.9 Å². The van der Waals surface area contributed by atoms with Crippen LogP contribution < -0.4 is 11.1 Å². The third-order valence-corrected chi connectivity index (χ3v) is 3.33. The number of nitrogens with two attached hydrogens (primary N) is 1. The second kappa shape index (κ2) is 4.46. The summed E-state index contributed by atoms with van der Waals surface area (Å²) < 4.78 is 23.6. The summed E-state index contributed by atoms with van der Waals surface area (Å²) in [6.45, 7) is 0. The van der Waals surface area contributed by atoms with Crippen molar-refractivity contribution in [3.8, 4) is 0 Å². The second-order valence-electron chi connectivity index (χ2n) is 2.90. The molecule has 0 heterocycles. The van der Waals surface area contributed by atoms with Crippen molar-refractivity contribution >= 4 is 48.8 Å². The van der Waals surface area contributed by atoms with Crippen LogP contribution in [0, 0.1) is 0 Å². The Balaban J connectivity index is 3.33. The van der Waals surface area contributed by atoms with E-state index in [4.69, 9.17) is 5.73 Å². The maximum Gasteiger partial charge on any atom is 0.177 e. The molecule has 0 aliphatic rings. The lowest BCUT2D eigenvalue weighted by Crippen LogP contribution is -2.20. The Bertz CT molecular complexity index is 499. The van der Waals surface area contributed by atoms with Crippen LogP contribution in [0.5, 0.6) is 0 Å². The van der Waals surface area contributed by atoms with Gasteiger partial charge in [0.1, 0.15) is 0 Å². The van der Waals surface area contributed by atoms with Gasteiger partial charge in [-0.15, -0.1) is 0 Å². The Labute approximate surface area is 102 Å². The molecule has 0 bridgehead atoms. The van der Waals surface area contributed by atoms with Crippen LogP contribution in [-0.2, 0) is 9.84 Å². The highest BCUT2D eigenvalue weighted by molar-refractivity contribution is 9.10. The van der Waals surface area contributed by atoms with Gasteiger partial charge >= 0.3 is 0 Å². The number of hydrogen-bond donors (Lipinski definition) is 2. The molecule has 15 heavy (non-hydrogen) atoms. The zero-order valence-electron chi connectivity index (χ0n) is 7.82. The standard InChI is InChI=1S/C8H9BrN2O2S2/c1-15(12,13)7-4-5(9)2-3-6(7)11-8(10)14/h2-4H,1H3,(H3,10,11,14). The van der Waals surface area contributed by atoms with Crippen molar-refractivity contribution in [1.82, 2.24) is 0 Å². The van der Waals surface area contributed by atoms with Gasteiger partial charge in [0.05, 0.1) is 10.6 Å². The van der Waals surface area contributed by atoms with E-state index in [1.54, 1.807) is 12.1 Å². The smallest absolute Gasteiger partial charge is 0.177 e. The first-order valence-electron chi connectivity index (χ1n) is 3.87. The number of hydrogen-bond acceptors (Lipinski definition) is 3. The number of thiocarbonyl (C=S) groups is 1. The molecule has 0 unspecified atom stereocenters. The minimum atomic E-state index is -3.31. The quantitative estimate of drug-likeness (QED) is 0.810. The van der Waals surface area contributed by atoms with Crippen molar-refractivity contribution in [3.63, 3.8) is 0 Å². The van der Waals surface area contributed by atoms with E-state index in [-0.39, 0.29) is 10.0 Å². The molecule has 0 spiro atoms. The van der Waals surface area contributed by atoms with Crippen molar-refractivity contribution < 1.29 is 8.42 Å². The predicted octanol–water partition coefficient (Wildman–Crippen LogP) is 1.51. The van der Waals surface area contributed by atoms with Crippen LogP contribution in [0.25, 0.3) is 0 Å². The zero-order chi connectivity index (χ0) is 11.6. The van der Waals surface area contributed by atoms with Crippen LogP contribution in [-0.4, -0.2) is 19.8 Å². The lowest BCUT2D eigenvalue weighted by molar-refractivity contribution is 0.602. The molecule has 0 aliphatic carbocycles. The van der Waals surface area contributed by atoms with E-state index >= 15 is 0 Å². The highest BCUT2D eigenvalue weighted by atomic mass is 79.9. The fourth-order valence-corrected chi connectivity index (χ4v) is 2.52. The Kier molecular flexibility index (Phi) is 3.69.